The Morgan fingerprint density at radius 2 is 1.64 bits per heavy atom. The van der Waals surface area contributed by atoms with Crippen molar-refractivity contribution in [3.05, 3.63) is 75.7 Å². The number of para-hydroxylation sites is 2. The molecule has 0 atom stereocenters. The molecule has 1 aliphatic heterocycles. The van der Waals surface area contributed by atoms with Crippen LogP contribution in [0, 0.1) is 6.92 Å². The fourth-order valence-corrected chi connectivity index (χ4v) is 3.87. The molecule has 1 saturated heterocycles. The van der Waals surface area contributed by atoms with E-state index >= 15 is 0 Å². The second-order valence-electron chi connectivity index (χ2n) is 7.48. The van der Waals surface area contributed by atoms with Gasteiger partial charge in [0.05, 0.1) is 17.6 Å². The predicted molar refractivity (Wildman–Crippen MR) is 111 cm³/mol. The minimum atomic E-state index is -0.0802. The number of hydrogen-bond acceptors (Lipinski definition) is 3. The largest absolute Gasteiger partial charge is 0.339 e. The van der Waals surface area contributed by atoms with Gasteiger partial charge in [-0.1, -0.05) is 37.1 Å². The lowest BCUT2D eigenvalue weighted by Gasteiger charge is -2.20. The molecule has 0 unspecified atom stereocenters. The Morgan fingerprint density at radius 3 is 2.36 bits per heavy atom. The first-order chi connectivity index (χ1) is 13.6. The molecule has 5 heteroatoms. The first-order valence-electron chi connectivity index (χ1n) is 9.98. The first-order valence-corrected chi connectivity index (χ1v) is 9.98. The summed E-state index contributed by atoms with van der Waals surface area (Å²) in [5.74, 6) is 0.107. The molecule has 0 radical (unpaired) electrons. The highest BCUT2D eigenvalue weighted by Gasteiger charge is 2.17. The van der Waals surface area contributed by atoms with E-state index in [1.165, 1.54) is 12.8 Å². The van der Waals surface area contributed by atoms with Gasteiger partial charge in [-0.15, -0.1) is 0 Å². The molecule has 144 valence electrons. The Balaban J connectivity index is 1.59. The average Bonchev–Trinajstić information content (AvgIpc) is 3.01. The van der Waals surface area contributed by atoms with Gasteiger partial charge in [0.2, 0.25) is 0 Å². The summed E-state index contributed by atoms with van der Waals surface area (Å²) in [7, 11) is 0. The molecular formula is C23H25N3O2. The predicted octanol–water partition coefficient (Wildman–Crippen LogP) is 3.77. The smallest absolute Gasteiger partial charge is 0.272 e. The summed E-state index contributed by atoms with van der Waals surface area (Å²) in [5, 5.41) is 0. The summed E-state index contributed by atoms with van der Waals surface area (Å²) < 4.78 is 1.75. The highest BCUT2D eigenvalue weighted by atomic mass is 16.2. The molecule has 4 rings (SSSR count). The van der Waals surface area contributed by atoms with Crippen molar-refractivity contribution < 1.29 is 4.79 Å². The third-order valence-electron chi connectivity index (χ3n) is 5.45. The van der Waals surface area contributed by atoms with Crippen LogP contribution in [0.1, 0.15) is 47.3 Å². The highest BCUT2D eigenvalue weighted by molar-refractivity contribution is 5.94. The van der Waals surface area contributed by atoms with E-state index in [4.69, 9.17) is 0 Å². The van der Waals surface area contributed by atoms with Crippen molar-refractivity contribution in [2.45, 2.75) is 39.2 Å². The van der Waals surface area contributed by atoms with Crippen molar-refractivity contribution in [2.75, 3.05) is 13.1 Å². The summed E-state index contributed by atoms with van der Waals surface area (Å²) in [6.07, 6.45) is 4.58. The number of aromatic nitrogens is 2. The van der Waals surface area contributed by atoms with E-state index < -0.39 is 0 Å². The van der Waals surface area contributed by atoms with E-state index in [1.807, 2.05) is 53.4 Å². The van der Waals surface area contributed by atoms with Crippen LogP contribution >= 0.6 is 0 Å². The SMILES string of the molecule is Cc1nc2ccccc2n(Cc2ccc(C(=O)N3CCCCCC3)cc2)c1=O. The maximum atomic E-state index is 12.8. The Kier molecular flexibility index (Phi) is 5.24. The molecule has 1 aromatic heterocycles. The summed E-state index contributed by atoms with van der Waals surface area (Å²) in [5.41, 5.74) is 3.75. The first kappa shape index (κ1) is 18.4. The topological polar surface area (TPSA) is 55.2 Å². The molecule has 0 aliphatic carbocycles. The maximum Gasteiger partial charge on any atom is 0.272 e. The van der Waals surface area contributed by atoms with E-state index in [9.17, 15) is 9.59 Å². The molecule has 0 bridgehead atoms. The fraction of sp³-hybridized carbons (Fsp3) is 0.348. The van der Waals surface area contributed by atoms with Crippen molar-refractivity contribution in [3.63, 3.8) is 0 Å². The number of carbonyl (C=O) groups is 1. The van der Waals surface area contributed by atoms with E-state index in [0.717, 1.165) is 42.5 Å². The number of benzene rings is 2. The van der Waals surface area contributed by atoms with Crippen LogP contribution in [0.15, 0.2) is 53.3 Å². The quantitative estimate of drug-likeness (QED) is 0.700. The summed E-state index contributed by atoms with van der Waals surface area (Å²) in [6, 6.07) is 15.3. The van der Waals surface area contributed by atoms with Crippen LogP contribution in [-0.4, -0.2) is 33.4 Å². The van der Waals surface area contributed by atoms with Crippen molar-refractivity contribution in [1.82, 2.24) is 14.5 Å². The van der Waals surface area contributed by atoms with Crippen molar-refractivity contribution in [2.24, 2.45) is 0 Å². The van der Waals surface area contributed by atoms with Gasteiger partial charge in [-0.25, -0.2) is 4.98 Å². The minimum absolute atomic E-state index is 0.0802. The van der Waals surface area contributed by atoms with E-state index in [1.54, 1.807) is 11.5 Å². The van der Waals surface area contributed by atoms with Gasteiger partial charge in [0, 0.05) is 18.7 Å². The molecule has 0 saturated carbocycles. The van der Waals surface area contributed by atoms with Crippen LogP contribution in [-0.2, 0) is 6.54 Å². The lowest BCUT2D eigenvalue weighted by atomic mass is 10.1. The van der Waals surface area contributed by atoms with Gasteiger partial charge in [-0.2, -0.15) is 0 Å². The molecular weight excluding hydrogens is 350 g/mol. The standard InChI is InChI=1S/C23H25N3O2/c1-17-22(27)26(21-9-5-4-8-20(21)24-17)16-18-10-12-19(13-11-18)23(28)25-14-6-2-3-7-15-25/h4-5,8-13H,2-3,6-7,14-16H2,1H3. The number of carbonyl (C=O) groups excluding carboxylic acids is 1. The van der Waals surface area contributed by atoms with Gasteiger partial charge < -0.3 is 9.47 Å². The number of likely N-dealkylation sites (tertiary alicyclic amines) is 1. The van der Waals surface area contributed by atoms with Crippen molar-refractivity contribution in [1.29, 1.82) is 0 Å². The summed E-state index contributed by atoms with van der Waals surface area (Å²) in [4.78, 5) is 31.8. The minimum Gasteiger partial charge on any atom is -0.339 e. The third kappa shape index (κ3) is 3.70. The monoisotopic (exact) mass is 375 g/mol. The fourth-order valence-electron chi connectivity index (χ4n) is 3.87. The number of nitrogens with zero attached hydrogens (tertiary/aromatic N) is 3. The molecule has 2 heterocycles. The highest BCUT2D eigenvalue weighted by Crippen LogP contribution is 2.16. The lowest BCUT2D eigenvalue weighted by molar-refractivity contribution is 0.0761. The lowest BCUT2D eigenvalue weighted by Crippen LogP contribution is -2.31. The molecule has 1 aliphatic rings. The zero-order chi connectivity index (χ0) is 19.5. The third-order valence-corrected chi connectivity index (χ3v) is 5.45. The zero-order valence-electron chi connectivity index (χ0n) is 16.2. The molecule has 0 spiro atoms. The molecule has 5 nitrogen and oxygen atoms in total. The van der Waals surface area contributed by atoms with Crippen molar-refractivity contribution >= 4 is 16.9 Å². The number of fused-ring (bicyclic) bond motifs is 1. The van der Waals surface area contributed by atoms with Gasteiger partial charge >= 0.3 is 0 Å². The van der Waals surface area contributed by atoms with Gasteiger partial charge in [0.1, 0.15) is 5.69 Å². The Hall–Kier alpha value is -2.95. The van der Waals surface area contributed by atoms with Crippen LogP contribution in [0.4, 0.5) is 0 Å². The molecule has 1 amide bonds. The summed E-state index contributed by atoms with van der Waals surface area (Å²) in [6.45, 7) is 3.89. The van der Waals surface area contributed by atoms with Crippen LogP contribution in [0.3, 0.4) is 0 Å². The Labute approximate surface area is 164 Å². The van der Waals surface area contributed by atoms with Crippen LogP contribution in [0.25, 0.3) is 11.0 Å². The van der Waals surface area contributed by atoms with Crippen LogP contribution < -0.4 is 5.56 Å². The number of amides is 1. The van der Waals surface area contributed by atoms with Gasteiger partial charge in [0.25, 0.3) is 11.5 Å². The van der Waals surface area contributed by atoms with Crippen molar-refractivity contribution in [3.8, 4) is 0 Å². The van der Waals surface area contributed by atoms with Gasteiger partial charge in [-0.3, -0.25) is 9.59 Å². The molecule has 0 N–H and O–H groups in total. The Morgan fingerprint density at radius 1 is 0.964 bits per heavy atom. The number of hydrogen-bond donors (Lipinski definition) is 0. The second-order valence-corrected chi connectivity index (χ2v) is 7.48. The number of aryl methyl sites for hydroxylation is 1. The van der Waals surface area contributed by atoms with E-state index in [2.05, 4.69) is 4.98 Å². The normalized spacial score (nSPS) is 14.8. The van der Waals surface area contributed by atoms with E-state index in [0.29, 0.717) is 17.8 Å². The van der Waals surface area contributed by atoms with Gasteiger partial charge in [0.15, 0.2) is 0 Å². The molecule has 28 heavy (non-hydrogen) atoms. The molecule has 1 fully saturated rings. The van der Waals surface area contributed by atoms with E-state index in [-0.39, 0.29) is 11.5 Å². The molecule has 2 aromatic carbocycles. The second kappa shape index (κ2) is 7.97. The summed E-state index contributed by atoms with van der Waals surface area (Å²) >= 11 is 0. The average molecular weight is 375 g/mol. The van der Waals surface area contributed by atoms with Crippen LogP contribution in [0.5, 0.6) is 0 Å². The van der Waals surface area contributed by atoms with Gasteiger partial charge in [-0.05, 0) is 49.6 Å². The molecule has 3 aromatic rings. The maximum absolute atomic E-state index is 12.8. The van der Waals surface area contributed by atoms with Crippen LogP contribution in [0.2, 0.25) is 0 Å². The zero-order valence-corrected chi connectivity index (χ0v) is 16.2. The number of rotatable bonds is 3. The Bertz CT molecular complexity index is 1050.